The molecular formula is C23H31N3O4S. The van der Waals surface area contributed by atoms with Gasteiger partial charge in [0.15, 0.2) is 0 Å². The number of piperidine rings is 1. The molecule has 0 aliphatic carbocycles. The molecule has 0 bridgehead atoms. The van der Waals surface area contributed by atoms with Gasteiger partial charge < -0.3 is 20.1 Å². The Morgan fingerprint density at radius 1 is 1.32 bits per heavy atom. The van der Waals surface area contributed by atoms with Crippen LogP contribution in [0, 0.1) is 12.8 Å². The van der Waals surface area contributed by atoms with E-state index in [1.54, 1.807) is 31.3 Å². The maximum Gasteiger partial charge on any atom is 0.309 e. The lowest BCUT2D eigenvalue weighted by Gasteiger charge is -2.33. The van der Waals surface area contributed by atoms with Crippen molar-refractivity contribution in [2.45, 2.75) is 46.1 Å². The maximum atomic E-state index is 13.0. The smallest absolute Gasteiger partial charge is 0.309 e. The zero-order valence-corrected chi connectivity index (χ0v) is 19.4. The number of carbonyl (C=O) groups is 2. The van der Waals surface area contributed by atoms with Crippen molar-refractivity contribution in [1.82, 2.24) is 10.3 Å². The van der Waals surface area contributed by atoms with Crippen LogP contribution in [0.4, 0.5) is 5.82 Å². The number of thiophene rings is 1. The highest BCUT2D eigenvalue weighted by atomic mass is 32.1. The number of hydrogen-bond acceptors (Lipinski definition) is 7. The first-order valence-electron chi connectivity index (χ1n) is 10.7. The molecule has 3 rings (SSSR count). The Kier molecular flexibility index (Phi) is 7.33. The van der Waals surface area contributed by atoms with E-state index < -0.39 is 5.54 Å². The number of pyridine rings is 1. The van der Waals surface area contributed by atoms with Crippen molar-refractivity contribution in [3.63, 3.8) is 0 Å². The van der Waals surface area contributed by atoms with Crippen LogP contribution < -0.4 is 10.2 Å². The van der Waals surface area contributed by atoms with Gasteiger partial charge in [-0.1, -0.05) is 0 Å². The number of carbonyl (C=O) groups excluding carboxylic acids is 2. The van der Waals surface area contributed by atoms with Crippen molar-refractivity contribution in [2.24, 2.45) is 5.92 Å². The van der Waals surface area contributed by atoms with Gasteiger partial charge in [-0.05, 0) is 69.7 Å². The van der Waals surface area contributed by atoms with Gasteiger partial charge >= 0.3 is 5.97 Å². The first-order valence-corrected chi connectivity index (χ1v) is 11.5. The molecule has 0 spiro atoms. The molecule has 2 aromatic heterocycles. The Bertz CT molecular complexity index is 933. The first-order chi connectivity index (χ1) is 14.7. The number of aryl methyl sites for hydroxylation is 1. The third-order valence-corrected chi connectivity index (χ3v) is 6.43. The summed E-state index contributed by atoms with van der Waals surface area (Å²) in [5.41, 5.74) is 1.71. The molecule has 1 aliphatic rings. The van der Waals surface area contributed by atoms with E-state index in [9.17, 15) is 14.7 Å². The molecule has 168 valence electrons. The Labute approximate surface area is 187 Å². The number of esters is 1. The van der Waals surface area contributed by atoms with Gasteiger partial charge in [0.2, 0.25) is 0 Å². The summed E-state index contributed by atoms with van der Waals surface area (Å²) in [5, 5.41) is 14.5. The number of amides is 1. The van der Waals surface area contributed by atoms with Crippen LogP contribution in [0.3, 0.4) is 0 Å². The Morgan fingerprint density at radius 3 is 2.61 bits per heavy atom. The van der Waals surface area contributed by atoms with Crippen molar-refractivity contribution in [1.29, 1.82) is 0 Å². The number of aliphatic hydroxyl groups is 1. The van der Waals surface area contributed by atoms with Crippen LogP contribution in [0.15, 0.2) is 23.6 Å². The monoisotopic (exact) mass is 445 g/mol. The van der Waals surface area contributed by atoms with Gasteiger partial charge in [0.1, 0.15) is 5.82 Å². The molecule has 8 heteroatoms. The van der Waals surface area contributed by atoms with E-state index in [0.29, 0.717) is 43.9 Å². The van der Waals surface area contributed by atoms with Crippen molar-refractivity contribution < 1.29 is 19.4 Å². The molecule has 1 amide bonds. The molecule has 0 saturated carbocycles. The van der Waals surface area contributed by atoms with Gasteiger partial charge in [-0.2, -0.15) is 0 Å². The van der Waals surface area contributed by atoms with Crippen molar-refractivity contribution in [3.8, 4) is 10.6 Å². The van der Waals surface area contributed by atoms with E-state index >= 15 is 0 Å². The van der Waals surface area contributed by atoms with Gasteiger partial charge in [0, 0.05) is 13.1 Å². The summed E-state index contributed by atoms with van der Waals surface area (Å²) in [4.78, 5) is 33.1. The second-order valence-corrected chi connectivity index (χ2v) is 9.48. The molecule has 1 saturated heterocycles. The largest absolute Gasteiger partial charge is 0.466 e. The van der Waals surface area contributed by atoms with Crippen LogP contribution >= 0.6 is 11.3 Å². The molecule has 0 atom stereocenters. The lowest BCUT2D eigenvalue weighted by Crippen LogP contribution is -2.47. The van der Waals surface area contributed by atoms with E-state index in [-0.39, 0.29) is 24.4 Å². The summed E-state index contributed by atoms with van der Waals surface area (Å²) in [6.45, 7) is 8.84. The summed E-state index contributed by atoms with van der Waals surface area (Å²) in [6.07, 6.45) is 1.32. The number of nitrogens with zero attached hydrogens (tertiary/aromatic N) is 2. The fourth-order valence-electron chi connectivity index (χ4n) is 3.57. The normalized spacial score (nSPS) is 15.1. The molecule has 1 fully saturated rings. The fraction of sp³-hybridized carbons (Fsp3) is 0.522. The standard InChI is InChI=1S/C23H31N3O4S/c1-5-30-22(29)16-8-10-26(11-9-16)20-17(21(28)25-23(3,4)14-27)6-7-18(24-20)19-12-15(2)13-31-19/h6-7,12-13,16,27H,5,8-11,14H2,1-4H3,(H,25,28). The van der Waals surface area contributed by atoms with Crippen LogP contribution in [-0.4, -0.2) is 53.8 Å². The van der Waals surface area contributed by atoms with Crippen LogP contribution in [0.1, 0.15) is 49.5 Å². The summed E-state index contributed by atoms with van der Waals surface area (Å²) in [5.74, 6) is 0.0607. The molecule has 31 heavy (non-hydrogen) atoms. The predicted octanol–water partition coefficient (Wildman–Crippen LogP) is 3.40. The first kappa shape index (κ1) is 23.2. The summed E-state index contributed by atoms with van der Waals surface area (Å²) in [7, 11) is 0. The van der Waals surface area contributed by atoms with Gasteiger partial charge in [-0.3, -0.25) is 9.59 Å². The molecule has 0 aromatic carbocycles. The lowest BCUT2D eigenvalue weighted by atomic mass is 9.96. The number of aromatic nitrogens is 1. The van der Waals surface area contributed by atoms with Crippen LogP contribution in [0.2, 0.25) is 0 Å². The molecular weight excluding hydrogens is 414 g/mol. The van der Waals surface area contributed by atoms with Crippen molar-refractivity contribution >= 4 is 29.0 Å². The SMILES string of the molecule is CCOC(=O)C1CCN(c2nc(-c3cc(C)cs3)ccc2C(=O)NC(C)(C)CO)CC1. The molecule has 1 aliphatic heterocycles. The van der Waals surface area contributed by atoms with E-state index in [2.05, 4.69) is 21.7 Å². The molecule has 0 radical (unpaired) electrons. The Hall–Kier alpha value is -2.45. The van der Waals surface area contributed by atoms with Gasteiger partial charge in [-0.25, -0.2) is 4.98 Å². The van der Waals surface area contributed by atoms with Crippen LogP contribution in [0.25, 0.3) is 10.6 Å². The second kappa shape index (κ2) is 9.78. The van der Waals surface area contributed by atoms with Crippen LogP contribution in [0.5, 0.6) is 0 Å². The number of hydrogen-bond donors (Lipinski definition) is 2. The summed E-state index contributed by atoms with van der Waals surface area (Å²) in [6, 6.07) is 5.74. The molecule has 2 aromatic rings. The number of nitrogens with one attached hydrogen (secondary N) is 1. The molecule has 7 nitrogen and oxygen atoms in total. The lowest BCUT2D eigenvalue weighted by molar-refractivity contribution is -0.148. The number of aliphatic hydroxyl groups excluding tert-OH is 1. The fourth-order valence-corrected chi connectivity index (χ4v) is 4.44. The minimum absolute atomic E-state index is 0.120. The third kappa shape index (κ3) is 5.62. The van der Waals surface area contributed by atoms with Gasteiger partial charge in [0.05, 0.1) is 40.8 Å². The maximum absolute atomic E-state index is 13.0. The van der Waals surface area contributed by atoms with Gasteiger partial charge in [0.25, 0.3) is 5.91 Å². The average Bonchev–Trinajstić information content (AvgIpc) is 3.19. The Morgan fingerprint density at radius 2 is 2.03 bits per heavy atom. The van der Waals surface area contributed by atoms with E-state index in [1.165, 1.54) is 5.56 Å². The van der Waals surface area contributed by atoms with Crippen molar-refractivity contribution in [3.05, 3.63) is 34.7 Å². The average molecular weight is 446 g/mol. The highest BCUT2D eigenvalue weighted by Crippen LogP contribution is 2.31. The molecule has 0 unspecified atom stereocenters. The van der Waals surface area contributed by atoms with Crippen LogP contribution in [-0.2, 0) is 9.53 Å². The van der Waals surface area contributed by atoms with E-state index in [4.69, 9.17) is 9.72 Å². The Balaban J connectivity index is 1.89. The highest BCUT2D eigenvalue weighted by Gasteiger charge is 2.30. The second-order valence-electron chi connectivity index (χ2n) is 8.57. The molecule has 3 heterocycles. The van der Waals surface area contributed by atoms with Gasteiger partial charge in [-0.15, -0.1) is 11.3 Å². The van der Waals surface area contributed by atoms with Crippen molar-refractivity contribution in [2.75, 3.05) is 31.2 Å². The summed E-state index contributed by atoms with van der Waals surface area (Å²) >= 11 is 1.62. The topological polar surface area (TPSA) is 91.8 Å². The zero-order chi connectivity index (χ0) is 22.6. The summed E-state index contributed by atoms with van der Waals surface area (Å²) < 4.78 is 5.17. The number of rotatable bonds is 7. The third-order valence-electron chi connectivity index (χ3n) is 5.36. The quantitative estimate of drug-likeness (QED) is 0.635. The zero-order valence-electron chi connectivity index (χ0n) is 18.6. The minimum atomic E-state index is -0.741. The van der Waals surface area contributed by atoms with E-state index in [0.717, 1.165) is 10.6 Å². The number of anilines is 1. The number of ether oxygens (including phenoxy) is 1. The van der Waals surface area contributed by atoms with E-state index in [1.807, 2.05) is 19.9 Å². The highest BCUT2D eigenvalue weighted by molar-refractivity contribution is 7.13. The predicted molar refractivity (Wildman–Crippen MR) is 122 cm³/mol. The molecule has 2 N–H and O–H groups in total. The minimum Gasteiger partial charge on any atom is -0.466 e.